The third-order valence-corrected chi connectivity index (χ3v) is 8.72. The number of carbonyl (C=O) groups is 2. The molecule has 1 aromatic carbocycles. The van der Waals surface area contributed by atoms with Gasteiger partial charge in [-0.05, 0) is 44.0 Å². The number of carbonyl (C=O) groups excluding carboxylic acids is 2. The van der Waals surface area contributed by atoms with E-state index < -0.39 is 31.8 Å². The van der Waals surface area contributed by atoms with Crippen LogP contribution in [-0.2, 0) is 24.7 Å². The van der Waals surface area contributed by atoms with E-state index in [9.17, 15) is 26.4 Å². The van der Waals surface area contributed by atoms with E-state index in [4.69, 9.17) is 0 Å². The molecule has 1 N–H and O–H groups in total. The van der Waals surface area contributed by atoms with Gasteiger partial charge in [0.05, 0.1) is 16.4 Å². The Bertz CT molecular complexity index is 969. The number of benzene rings is 1. The Kier molecular flexibility index (Phi) is 6.30. The second kappa shape index (κ2) is 8.41. The summed E-state index contributed by atoms with van der Waals surface area (Å²) in [6.45, 7) is 2.77. The smallest absolute Gasteiger partial charge is 0.251 e. The molecule has 0 radical (unpaired) electrons. The topological polar surface area (TPSA) is 121 Å². The second-order valence-corrected chi connectivity index (χ2v) is 11.5. The molecular weight excluding hydrogens is 418 g/mol. The highest BCUT2D eigenvalue weighted by Gasteiger charge is 2.29. The molecule has 2 saturated heterocycles. The monoisotopic (exact) mass is 443 g/mol. The molecule has 2 amide bonds. The molecule has 1 aromatic rings. The number of rotatable bonds is 5. The normalized spacial score (nSPS) is 20.9. The van der Waals surface area contributed by atoms with Crippen LogP contribution in [0.4, 0.5) is 0 Å². The summed E-state index contributed by atoms with van der Waals surface area (Å²) in [5, 5.41) is 2.59. The largest absolute Gasteiger partial charge is 0.341 e. The van der Waals surface area contributed by atoms with E-state index in [0.29, 0.717) is 13.1 Å². The van der Waals surface area contributed by atoms with Gasteiger partial charge in [0, 0.05) is 31.7 Å². The van der Waals surface area contributed by atoms with E-state index in [-0.39, 0.29) is 41.0 Å². The zero-order valence-electron chi connectivity index (χ0n) is 16.2. The Morgan fingerprint density at radius 2 is 1.55 bits per heavy atom. The lowest BCUT2D eigenvalue weighted by molar-refractivity contribution is -0.132. The molecule has 3 rings (SSSR count). The molecule has 1 atom stereocenters. The first kappa shape index (κ1) is 21.7. The fourth-order valence-corrected chi connectivity index (χ4v) is 6.12. The Morgan fingerprint density at radius 3 is 2.10 bits per heavy atom. The fourth-order valence-electron chi connectivity index (χ4n) is 3.40. The number of amides is 2. The molecule has 0 aromatic heterocycles. The minimum atomic E-state index is -3.55. The van der Waals surface area contributed by atoms with Crippen molar-refractivity contribution in [3.8, 4) is 0 Å². The Balaban J connectivity index is 1.61. The summed E-state index contributed by atoms with van der Waals surface area (Å²) < 4.78 is 49.5. The second-order valence-electron chi connectivity index (χ2n) is 7.31. The molecule has 2 aliphatic heterocycles. The van der Waals surface area contributed by atoms with E-state index in [0.717, 1.165) is 12.8 Å². The summed E-state index contributed by atoms with van der Waals surface area (Å²) in [5.41, 5.74) is 0.242. The number of nitrogens with zero attached hydrogens (tertiary/aromatic N) is 2. The SMILES string of the molecule is CC(NC(=O)c1ccc(S(=O)(=O)N2CCCC2)cc1)C(=O)N1CCS(=O)(=O)CC1. The van der Waals surface area contributed by atoms with Gasteiger partial charge < -0.3 is 10.2 Å². The van der Waals surface area contributed by atoms with Crippen molar-refractivity contribution in [3.05, 3.63) is 29.8 Å². The molecule has 29 heavy (non-hydrogen) atoms. The highest BCUT2D eigenvalue weighted by atomic mass is 32.2. The van der Waals surface area contributed by atoms with Gasteiger partial charge in [-0.25, -0.2) is 16.8 Å². The van der Waals surface area contributed by atoms with E-state index in [1.165, 1.54) is 40.4 Å². The van der Waals surface area contributed by atoms with Crippen molar-refractivity contribution in [2.24, 2.45) is 0 Å². The van der Waals surface area contributed by atoms with Gasteiger partial charge in [-0.15, -0.1) is 0 Å². The summed E-state index contributed by atoms with van der Waals surface area (Å²) >= 11 is 0. The molecule has 160 valence electrons. The molecule has 0 saturated carbocycles. The summed E-state index contributed by atoms with van der Waals surface area (Å²) in [6.07, 6.45) is 1.68. The number of sulfone groups is 1. The molecule has 9 nitrogen and oxygen atoms in total. The lowest BCUT2D eigenvalue weighted by Crippen LogP contribution is -2.51. The van der Waals surface area contributed by atoms with Crippen LogP contribution in [0.15, 0.2) is 29.2 Å². The van der Waals surface area contributed by atoms with Crippen LogP contribution in [0.25, 0.3) is 0 Å². The molecule has 0 spiro atoms. The molecular formula is C18H25N3O6S2. The third-order valence-electron chi connectivity index (χ3n) is 5.19. The van der Waals surface area contributed by atoms with Crippen LogP contribution in [0.1, 0.15) is 30.1 Å². The average Bonchev–Trinajstić information content (AvgIpc) is 3.23. The lowest BCUT2D eigenvalue weighted by Gasteiger charge is -2.29. The van der Waals surface area contributed by atoms with Crippen molar-refractivity contribution in [2.45, 2.75) is 30.7 Å². The standard InChI is InChI=1S/C18H25N3O6S2/c1-14(18(23)20-10-12-28(24,25)13-11-20)19-17(22)15-4-6-16(7-5-15)29(26,27)21-8-2-3-9-21/h4-7,14H,2-3,8-13H2,1H3,(H,19,22). The van der Waals surface area contributed by atoms with Crippen molar-refractivity contribution in [2.75, 3.05) is 37.7 Å². The number of hydrogen-bond acceptors (Lipinski definition) is 6. The fraction of sp³-hybridized carbons (Fsp3) is 0.556. The highest BCUT2D eigenvalue weighted by Crippen LogP contribution is 2.21. The zero-order chi connectivity index (χ0) is 21.2. The van der Waals surface area contributed by atoms with Gasteiger partial charge in [-0.3, -0.25) is 9.59 Å². The molecule has 0 aliphatic carbocycles. The van der Waals surface area contributed by atoms with E-state index in [1.54, 1.807) is 0 Å². The van der Waals surface area contributed by atoms with Gasteiger partial charge in [0.15, 0.2) is 9.84 Å². The molecule has 2 fully saturated rings. The Morgan fingerprint density at radius 1 is 1.00 bits per heavy atom. The number of sulfonamides is 1. The van der Waals surface area contributed by atoms with Crippen LogP contribution in [0, 0.1) is 0 Å². The van der Waals surface area contributed by atoms with Gasteiger partial charge in [0.1, 0.15) is 6.04 Å². The van der Waals surface area contributed by atoms with Gasteiger partial charge in [0.25, 0.3) is 5.91 Å². The first-order valence-corrected chi connectivity index (χ1v) is 12.8. The number of hydrogen-bond donors (Lipinski definition) is 1. The van der Waals surface area contributed by atoms with E-state index >= 15 is 0 Å². The van der Waals surface area contributed by atoms with Crippen LogP contribution in [-0.4, -0.2) is 81.6 Å². The molecule has 1 unspecified atom stereocenters. The van der Waals surface area contributed by atoms with Gasteiger partial charge in [-0.1, -0.05) is 0 Å². The lowest BCUT2D eigenvalue weighted by atomic mass is 10.2. The zero-order valence-corrected chi connectivity index (χ0v) is 17.8. The Labute approximate surface area is 171 Å². The Hall–Kier alpha value is -1.98. The summed E-state index contributed by atoms with van der Waals surface area (Å²) in [6, 6.07) is 4.80. The quantitative estimate of drug-likeness (QED) is 0.675. The maximum absolute atomic E-state index is 12.5. The predicted octanol–water partition coefficient (Wildman–Crippen LogP) is -0.154. The van der Waals surface area contributed by atoms with Crippen molar-refractivity contribution < 1.29 is 26.4 Å². The van der Waals surface area contributed by atoms with Crippen molar-refractivity contribution in [1.29, 1.82) is 0 Å². The van der Waals surface area contributed by atoms with Crippen LogP contribution in [0.3, 0.4) is 0 Å². The molecule has 2 heterocycles. The first-order chi connectivity index (χ1) is 13.6. The molecule has 11 heteroatoms. The van der Waals surface area contributed by atoms with E-state index in [1.807, 2.05) is 0 Å². The van der Waals surface area contributed by atoms with Crippen molar-refractivity contribution in [1.82, 2.24) is 14.5 Å². The van der Waals surface area contributed by atoms with Crippen LogP contribution in [0.2, 0.25) is 0 Å². The van der Waals surface area contributed by atoms with Crippen LogP contribution in [0.5, 0.6) is 0 Å². The first-order valence-electron chi connectivity index (χ1n) is 9.50. The minimum absolute atomic E-state index is 0.0770. The summed E-state index contributed by atoms with van der Waals surface area (Å²) in [7, 11) is -6.65. The van der Waals surface area contributed by atoms with Gasteiger partial charge >= 0.3 is 0 Å². The minimum Gasteiger partial charge on any atom is -0.341 e. The van der Waals surface area contributed by atoms with Gasteiger partial charge in [0.2, 0.25) is 15.9 Å². The van der Waals surface area contributed by atoms with Crippen molar-refractivity contribution >= 4 is 31.7 Å². The number of nitrogens with one attached hydrogen (secondary N) is 1. The summed E-state index contributed by atoms with van der Waals surface area (Å²) in [5.74, 6) is -0.999. The highest BCUT2D eigenvalue weighted by molar-refractivity contribution is 7.91. The van der Waals surface area contributed by atoms with Crippen LogP contribution >= 0.6 is 0 Å². The maximum Gasteiger partial charge on any atom is 0.251 e. The van der Waals surface area contributed by atoms with E-state index in [2.05, 4.69) is 5.32 Å². The molecule has 2 aliphatic rings. The average molecular weight is 444 g/mol. The molecule has 0 bridgehead atoms. The van der Waals surface area contributed by atoms with Crippen molar-refractivity contribution in [3.63, 3.8) is 0 Å². The van der Waals surface area contributed by atoms with Gasteiger partial charge in [-0.2, -0.15) is 4.31 Å². The maximum atomic E-state index is 12.5. The third kappa shape index (κ3) is 4.96. The van der Waals surface area contributed by atoms with Crippen LogP contribution < -0.4 is 5.32 Å². The summed E-state index contributed by atoms with van der Waals surface area (Å²) in [4.78, 5) is 26.4. The predicted molar refractivity (Wildman–Crippen MR) is 107 cm³/mol.